The number of aromatic nitrogens is 1. The van der Waals surface area contributed by atoms with Crippen LogP contribution >= 0.6 is 11.6 Å². The molecular formula is C29H29ClF6N2O4. The predicted octanol–water partition coefficient (Wildman–Crippen LogP) is 7.39. The highest BCUT2D eigenvalue weighted by Gasteiger charge is 2.48. The molecule has 228 valence electrons. The molecule has 0 saturated carbocycles. The van der Waals surface area contributed by atoms with Gasteiger partial charge in [0.2, 0.25) is 0 Å². The Morgan fingerprint density at radius 1 is 1.12 bits per heavy atom. The highest BCUT2D eigenvalue weighted by atomic mass is 35.5. The Morgan fingerprint density at radius 3 is 2.40 bits per heavy atom. The smallest absolute Gasteiger partial charge is 0.416 e. The second-order valence-corrected chi connectivity index (χ2v) is 11.3. The molecule has 2 aromatic rings. The number of ether oxygens (including phenoxy) is 2. The fraction of sp³-hybridized carbons (Fsp3) is 0.448. The maximum absolute atomic E-state index is 13.5. The molecule has 2 heterocycles. The first-order chi connectivity index (χ1) is 19.5. The molecule has 1 aromatic carbocycles. The second kappa shape index (κ2) is 11.4. The van der Waals surface area contributed by atoms with Crippen molar-refractivity contribution >= 4 is 17.7 Å². The lowest BCUT2D eigenvalue weighted by Crippen LogP contribution is -2.36. The lowest BCUT2D eigenvalue weighted by molar-refractivity contribution is -0.163. The van der Waals surface area contributed by atoms with E-state index in [1.807, 2.05) is 26.0 Å². The third-order valence-corrected chi connectivity index (χ3v) is 7.82. The van der Waals surface area contributed by atoms with E-state index in [0.29, 0.717) is 28.6 Å². The molecule has 13 heteroatoms. The third kappa shape index (κ3) is 6.39. The van der Waals surface area contributed by atoms with Crippen LogP contribution in [-0.2, 0) is 16.7 Å². The summed E-state index contributed by atoms with van der Waals surface area (Å²) in [6.07, 6.45) is -12.2. The minimum Gasteiger partial charge on any atom is -0.496 e. The number of aliphatic hydroxyl groups excluding tert-OH is 1. The van der Waals surface area contributed by atoms with Crippen LogP contribution in [0.4, 0.5) is 31.1 Å². The van der Waals surface area contributed by atoms with Crippen molar-refractivity contribution in [2.75, 3.05) is 13.7 Å². The van der Waals surface area contributed by atoms with Crippen molar-refractivity contribution in [3.63, 3.8) is 0 Å². The molecule has 1 saturated heterocycles. The van der Waals surface area contributed by atoms with Gasteiger partial charge in [-0.25, -0.2) is 9.78 Å². The summed E-state index contributed by atoms with van der Waals surface area (Å²) in [5.74, 6) is -1.91. The number of carbonyl (C=O) groups excluding carboxylic acids is 1. The summed E-state index contributed by atoms with van der Waals surface area (Å²) >= 11 is 6.19. The number of allylic oxidation sites excluding steroid dienone is 3. The van der Waals surface area contributed by atoms with Crippen LogP contribution in [0.25, 0.3) is 11.1 Å². The molecule has 4 rings (SSSR count). The lowest BCUT2D eigenvalue weighted by Gasteiger charge is -2.29. The van der Waals surface area contributed by atoms with Crippen LogP contribution in [0.1, 0.15) is 38.4 Å². The van der Waals surface area contributed by atoms with E-state index in [1.54, 1.807) is 12.1 Å². The van der Waals surface area contributed by atoms with Crippen LogP contribution in [0.3, 0.4) is 0 Å². The average molecular weight is 619 g/mol. The standard InChI is InChI=1S/C29H29ClF6N2O4/c1-15-25(16-9-18(28(31,32)33)11-19(10-16)29(34,35)36)42-26(40)38(15)13-22-20(6-8-24(30)37-22)21-12-17(27(2,3)14-39)5-7-23(21)41-4/h5-9,11-12,15,19,25,39H,10,13-14H2,1-4H3/t15-,19?,25-/m0/s1. The molecule has 1 N–H and O–H groups in total. The van der Waals surface area contributed by atoms with Crippen molar-refractivity contribution in [3.8, 4) is 16.9 Å². The number of benzene rings is 1. The third-order valence-electron chi connectivity index (χ3n) is 7.61. The minimum atomic E-state index is -5.02. The van der Waals surface area contributed by atoms with Crippen molar-refractivity contribution < 1.29 is 45.7 Å². The predicted molar refractivity (Wildman–Crippen MR) is 143 cm³/mol. The first-order valence-electron chi connectivity index (χ1n) is 12.9. The summed E-state index contributed by atoms with van der Waals surface area (Å²) < 4.78 is 92.0. The van der Waals surface area contributed by atoms with Gasteiger partial charge in [0.15, 0.2) is 0 Å². The van der Waals surface area contributed by atoms with Crippen molar-refractivity contribution in [3.05, 3.63) is 70.0 Å². The molecule has 0 bridgehead atoms. The summed E-state index contributed by atoms with van der Waals surface area (Å²) in [7, 11) is 1.47. The van der Waals surface area contributed by atoms with Gasteiger partial charge >= 0.3 is 18.4 Å². The fourth-order valence-corrected chi connectivity index (χ4v) is 5.22. The van der Waals surface area contributed by atoms with E-state index in [1.165, 1.54) is 25.0 Å². The number of halogens is 7. The number of methoxy groups -OCH3 is 1. The summed E-state index contributed by atoms with van der Waals surface area (Å²) in [4.78, 5) is 18.6. The zero-order chi connectivity index (χ0) is 31.2. The molecule has 1 amide bonds. The Morgan fingerprint density at radius 2 is 1.81 bits per heavy atom. The molecule has 42 heavy (non-hydrogen) atoms. The summed E-state index contributed by atoms with van der Waals surface area (Å²) in [5, 5.41) is 9.97. The molecule has 2 aliphatic rings. The molecule has 1 aliphatic heterocycles. The Kier molecular flexibility index (Phi) is 8.63. The van der Waals surface area contributed by atoms with Crippen LogP contribution in [-0.4, -0.2) is 59.3 Å². The quantitative estimate of drug-likeness (QED) is 0.259. The number of nitrogens with zero attached hydrogens (tertiary/aromatic N) is 2. The Labute approximate surface area is 243 Å². The first kappa shape index (κ1) is 31.7. The maximum atomic E-state index is 13.5. The zero-order valence-corrected chi connectivity index (χ0v) is 23.9. The van der Waals surface area contributed by atoms with Gasteiger partial charge in [0.1, 0.15) is 17.0 Å². The topological polar surface area (TPSA) is 71.9 Å². The van der Waals surface area contributed by atoms with Crippen LogP contribution in [0.5, 0.6) is 5.75 Å². The van der Waals surface area contributed by atoms with Crippen molar-refractivity contribution in [1.82, 2.24) is 9.88 Å². The number of amides is 1. The van der Waals surface area contributed by atoms with E-state index in [-0.39, 0.29) is 30.0 Å². The first-order valence-corrected chi connectivity index (χ1v) is 13.3. The van der Waals surface area contributed by atoms with Gasteiger partial charge in [-0.15, -0.1) is 0 Å². The van der Waals surface area contributed by atoms with E-state index in [4.69, 9.17) is 21.1 Å². The highest BCUT2D eigenvalue weighted by Crippen LogP contribution is 2.44. The molecule has 1 unspecified atom stereocenters. The molecular weight excluding hydrogens is 590 g/mol. The van der Waals surface area contributed by atoms with E-state index < -0.39 is 53.9 Å². The molecule has 0 spiro atoms. The van der Waals surface area contributed by atoms with E-state index in [9.17, 15) is 36.2 Å². The van der Waals surface area contributed by atoms with Crippen molar-refractivity contribution in [1.29, 1.82) is 0 Å². The number of rotatable bonds is 7. The average Bonchev–Trinajstić information content (AvgIpc) is 3.20. The molecule has 0 radical (unpaired) electrons. The van der Waals surface area contributed by atoms with Gasteiger partial charge in [0, 0.05) is 16.5 Å². The van der Waals surface area contributed by atoms with Gasteiger partial charge in [-0.05, 0) is 54.8 Å². The van der Waals surface area contributed by atoms with Crippen molar-refractivity contribution in [2.24, 2.45) is 5.92 Å². The van der Waals surface area contributed by atoms with Gasteiger partial charge in [-0.2, -0.15) is 26.3 Å². The van der Waals surface area contributed by atoms with Crippen LogP contribution < -0.4 is 4.74 Å². The van der Waals surface area contributed by atoms with Crippen LogP contribution in [0.15, 0.2) is 53.6 Å². The monoisotopic (exact) mass is 618 g/mol. The van der Waals surface area contributed by atoms with E-state index >= 15 is 0 Å². The number of aliphatic hydroxyl groups is 1. The Balaban J connectivity index is 1.70. The van der Waals surface area contributed by atoms with Crippen LogP contribution in [0, 0.1) is 5.92 Å². The van der Waals surface area contributed by atoms with Crippen molar-refractivity contribution in [2.45, 2.75) is 63.7 Å². The fourth-order valence-electron chi connectivity index (χ4n) is 5.05. The molecule has 6 nitrogen and oxygen atoms in total. The second-order valence-electron chi connectivity index (χ2n) is 10.9. The maximum Gasteiger partial charge on any atom is 0.416 e. The molecule has 3 atom stereocenters. The van der Waals surface area contributed by atoms with Gasteiger partial charge < -0.3 is 14.6 Å². The van der Waals surface area contributed by atoms with E-state index in [2.05, 4.69) is 4.98 Å². The molecule has 1 aromatic heterocycles. The molecule has 1 aliphatic carbocycles. The van der Waals surface area contributed by atoms with Gasteiger partial charge in [0.25, 0.3) is 0 Å². The van der Waals surface area contributed by atoms with E-state index in [0.717, 1.165) is 5.56 Å². The zero-order valence-electron chi connectivity index (χ0n) is 23.1. The Bertz CT molecular complexity index is 1420. The number of carbonyl (C=O) groups is 1. The van der Waals surface area contributed by atoms with Crippen LogP contribution in [0.2, 0.25) is 5.15 Å². The van der Waals surface area contributed by atoms with Gasteiger partial charge in [-0.1, -0.05) is 37.6 Å². The molecule has 1 fully saturated rings. The SMILES string of the molecule is COc1ccc(C(C)(C)CO)cc1-c1ccc(Cl)nc1CN1C(=O)O[C@H](C2=CC(C(F)(F)F)=CC(C(F)(F)F)C2)[C@@H]1C. The lowest BCUT2D eigenvalue weighted by atomic mass is 9.83. The highest BCUT2D eigenvalue weighted by molar-refractivity contribution is 6.29. The largest absolute Gasteiger partial charge is 0.496 e. The van der Waals surface area contributed by atoms with Gasteiger partial charge in [0.05, 0.1) is 43.5 Å². The number of hydrogen-bond donors (Lipinski definition) is 1. The number of hydrogen-bond acceptors (Lipinski definition) is 5. The summed E-state index contributed by atoms with van der Waals surface area (Å²) in [6, 6.07) is 7.62. The normalized spacial score (nSPS) is 21.7. The Hall–Kier alpha value is -3.25. The number of cyclic esters (lactones) is 1. The minimum absolute atomic E-state index is 0.0966. The number of alkyl halides is 6. The number of pyridine rings is 1. The summed E-state index contributed by atoms with van der Waals surface area (Å²) in [5.41, 5.74) is -0.145. The van der Waals surface area contributed by atoms with Gasteiger partial charge in [-0.3, -0.25) is 4.90 Å². The summed E-state index contributed by atoms with van der Waals surface area (Å²) in [6.45, 7) is 4.84.